The first-order valence-electron chi connectivity index (χ1n) is 6.81. The molecule has 102 valence electrons. The van der Waals surface area contributed by atoms with Gasteiger partial charge in [-0.1, -0.05) is 12.1 Å². The van der Waals surface area contributed by atoms with Crippen molar-refractivity contribution in [3.05, 3.63) is 36.3 Å². The van der Waals surface area contributed by atoms with Crippen molar-refractivity contribution >= 4 is 0 Å². The molecule has 3 N–H and O–H groups in total. The summed E-state index contributed by atoms with van der Waals surface area (Å²) in [6, 6.07) is 8.01. The molecule has 0 bridgehead atoms. The van der Waals surface area contributed by atoms with Crippen molar-refractivity contribution in [1.29, 1.82) is 0 Å². The number of benzene rings is 1. The minimum Gasteiger partial charge on any atom is -0.493 e. The Kier molecular flexibility index (Phi) is 4.98. The molecule has 4 heteroatoms. The summed E-state index contributed by atoms with van der Waals surface area (Å²) in [7, 11) is 0. The van der Waals surface area contributed by atoms with Crippen molar-refractivity contribution in [1.82, 2.24) is 9.97 Å². The van der Waals surface area contributed by atoms with Crippen molar-refractivity contribution in [3.8, 4) is 17.0 Å². The molecule has 1 aromatic carbocycles. The lowest BCUT2D eigenvalue weighted by molar-refractivity contribution is 0.341. The summed E-state index contributed by atoms with van der Waals surface area (Å²) in [5.41, 5.74) is 7.56. The van der Waals surface area contributed by atoms with Crippen LogP contribution in [0.1, 0.15) is 25.6 Å². The lowest BCUT2D eigenvalue weighted by Crippen LogP contribution is -1.99. The molecule has 0 unspecified atom stereocenters. The van der Waals surface area contributed by atoms with Crippen molar-refractivity contribution in [2.45, 2.75) is 26.2 Å². The maximum absolute atomic E-state index is 5.63. The van der Waals surface area contributed by atoms with Gasteiger partial charge in [0.25, 0.3) is 0 Å². The predicted octanol–water partition coefficient (Wildman–Crippen LogP) is 2.76. The Labute approximate surface area is 114 Å². The fourth-order valence-electron chi connectivity index (χ4n) is 2.03. The second-order valence-electron chi connectivity index (χ2n) is 4.42. The van der Waals surface area contributed by atoms with Crippen LogP contribution in [0.4, 0.5) is 0 Å². The van der Waals surface area contributed by atoms with Gasteiger partial charge >= 0.3 is 0 Å². The highest BCUT2D eigenvalue weighted by molar-refractivity contribution is 5.66. The van der Waals surface area contributed by atoms with Crippen LogP contribution < -0.4 is 10.5 Å². The third-order valence-corrected chi connectivity index (χ3v) is 2.97. The zero-order valence-electron chi connectivity index (χ0n) is 11.4. The molecule has 19 heavy (non-hydrogen) atoms. The third-order valence-electron chi connectivity index (χ3n) is 2.97. The molecule has 0 aliphatic carbocycles. The molecule has 1 heterocycles. The molecule has 0 saturated carbocycles. The summed E-state index contributed by atoms with van der Waals surface area (Å²) in [4.78, 5) is 7.77. The summed E-state index contributed by atoms with van der Waals surface area (Å²) >= 11 is 0. The largest absolute Gasteiger partial charge is 0.493 e. The maximum Gasteiger partial charge on any atom is 0.128 e. The second-order valence-corrected chi connectivity index (χ2v) is 4.42. The molecule has 0 aliphatic heterocycles. The second kappa shape index (κ2) is 6.95. The quantitative estimate of drug-likeness (QED) is 0.751. The predicted molar refractivity (Wildman–Crippen MR) is 77.2 cm³/mol. The van der Waals surface area contributed by atoms with Crippen molar-refractivity contribution < 1.29 is 4.74 Å². The number of unbranched alkanes of at least 4 members (excludes halogenated alkanes) is 1. The van der Waals surface area contributed by atoms with E-state index in [2.05, 4.69) is 9.97 Å². The number of aromatic nitrogens is 2. The zero-order valence-corrected chi connectivity index (χ0v) is 11.4. The molecular weight excluding hydrogens is 238 g/mol. The highest BCUT2D eigenvalue weighted by Crippen LogP contribution is 2.28. The van der Waals surface area contributed by atoms with Gasteiger partial charge in [0.1, 0.15) is 11.6 Å². The van der Waals surface area contributed by atoms with Gasteiger partial charge in [0.15, 0.2) is 0 Å². The lowest BCUT2D eigenvalue weighted by atomic mass is 10.1. The number of nitrogens with one attached hydrogen (secondary N) is 1. The SMILES string of the molecule is CCOc1ccccc1-c1cnc(CCCCN)[nH]1. The van der Waals surface area contributed by atoms with E-state index in [1.54, 1.807) is 0 Å². The van der Waals surface area contributed by atoms with E-state index < -0.39 is 0 Å². The van der Waals surface area contributed by atoms with Gasteiger partial charge in [-0.15, -0.1) is 0 Å². The van der Waals surface area contributed by atoms with Gasteiger partial charge in [-0.3, -0.25) is 0 Å². The average Bonchev–Trinajstić information content (AvgIpc) is 2.89. The number of para-hydroxylation sites is 1. The normalized spacial score (nSPS) is 10.6. The molecule has 0 saturated heterocycles. The van der Waals surface area contributed by atoms with E-state index in [1.165, 1.54) is 0 Å². The smallest absolute Gasteiger partial charge is 0.128 e. The van der Waals surface area contributed by atoms with E-state index in [0.717, 1.165) is 48.6 Å². The zero-order chi connectivity index (χ0) is 13.5. The van der Waals surface area contributed by atoms with Crippen LogP contribution in [0.5, 0.6) is 5.75 Å². The fraction of sp³-hybridized carbons (Fsp3) is 0.400. The number of ether oxygens (including phenoxy) is 1. The van der Waals surface area contributed by atoms with Crippen LogP contribution in [0.15, 0.2) is 30.5 Å². The molecule has 0 amide bonds. The van der Waals surface area contributed by atoms with Crippen LogP contribution in [0.3, 0.4) is 0 Å². The van der Waals surface area contributed by atoms with Gasteiger partial charge in [-0.2, -0.15) is 0 Å². The van der Waals surface area contributed by atoms with Crippen LogP contribution in [-0.4, -0.2) is 23.1 Å². The van der Waals surface area contributed by atoms with E-state index >= 15 is 0 Å². The van der Waals surface area contributed by atoms with E-state index in [4.69, 9.17) is 10.5 Å². The molecule has 0 aliphatic rings. The molecule has 0 fully saturated rings. The molecular formula is C15H21N3O. The van der Waals surface area contributed by atoms with Crippen LogP contribution >= 0.6 is 0 Å². The van der Waals surface area contributed by atoms with Crippen LogP contribution in [0, 0.1) is 0 Å². The molecule has 0 spiro atoms. The Morgan fingerprint density at radius 2 is 2.11 bits per heavy atom. The minimum absolute atomic E-state index is 0.661. The summed E-state index contributed by atoms with van der Waals surface area (Å²) in [6.07, 6.45) is 4.91. The van der Waals surface area contributed by atoms with E-state index in [-0.39, 0.29) is 0 Å². The summed E-state index contributed by atoms with van der Waals surface area (Å²) in [5.74, 6) is 1.90. The van der Waals surface area contributed by atoms with Crippen LogP contribution in [-0.2, 0) is 6.42 Å². The van der Waals surface area contributed by atoms with Gasteiger partial charge in [-0.25, -0.2) is 4.98 Å². The van der Waals surface area contributed by atoms with Crippen molar-refractivity contribution in [2.24, 2.45) is 5.73 Å². The topological polar surface area (TPSA) is 63.9 Å². The van der Waals surface area contributed by atoms with E-state index in [1.807, 2.05) is 37.4 Å². The number of H-pyrrole nitrogens is 1. The van der Waals surface area contributed by atoms with E-state index in [0.29, 0.717) is 6.61 Å². The standard InChI is InChI=1S/C15H21N3O/c1-2-19-14-8-4-3-7-12(14)13-11-17-15(18-13)9-5-6-10-16/h3-4,7-8,11H,2,5-6,9-10,16H2,1H3,(H,17,18). The highest BCUT2D eigenvalue weighted by Gasteiger charge is 2.08. The Bertz CT molecular complexity index is 508. The number of aryl methyl sites for hydroxylation is 1. The van der Waals surface area contributed by atoms with Crippen LogP contribution in [0.25, 0.3) is 11.3 Å². The molecule has 2 rings (SSSR count). The first-order chi connectivity index (χ1) is 9.35. The van der Waals surface area contributed by atoms with Gasteiger partial charge < -0.3 is 15.5 Å². The Morgan fingerprint density at radius 1 is 1.26 bits per heavy atom. The van der Waals surface area contributed by atoms with Crippen LogP contribution in [0.2, 0.25) is 0 Å². The maximum atomic E-state index is 5.63. The van der Waals surface area contributed by atoms with Gasteiger partial charge in [0.2, 0.25) is 0 Å². The number of hydrogen-bond acceptors (Lipinski definition) is 3. The Morgan fingerprint density at radius 3 is 2.89 bits per heavy atom. The summed E-state index contributed by atoms with van der Waals surface area (Å²) < 4.78 is 5.63. The monoisotopic (exact) mass is 259 g/mol. The minimum atomic E-state index is 0.661. The molecule has 2 aromatic rings. The Hall–Kier alpha value is -1.81. The lowest BCUT2D eigenvalue weighted by Gasteiger charge is -2.07. The van der Waals surface area contributed by atoms with Gasteiger partial charge in [-0.05, 0) is 38.4 Å². The number of hydrogen-bond donors (Lipinski definition) is 2. The van der Waals surface area contributed by atoms with Crippen molar-refractivity contribution in [3.63, 3.8) is 0 Å². The number of rotatable bonds is 7. The molecule has 4 nitrogen and oxygen atoms in total. The number of imidazole rings is 1. The van der Waals surface area contributed by atoms with E-state index in [9.17, 15) is 0 Å². The van der Waals surface area contributed by atoms with Crippen molar-refractivity contribution in [2.75, 3.05) is 13.2 Å². The molecule has 0 radical (unpaired) electrons. The number of nitrogens with zero attached hydrogens (tertiary/aromatic N) is 1. The molecule has 0 atom stereocenters. The summed E-state index contributed by atoms with van der Waals surface area (Å²) in [6.45, 7) is 3.39. The third kappa shape index (κ3) is 3.58. The first kappa shape index (κ1) is 13.6. The van der Waals surface area contributed by atoms with Gasteiger partial charge in [0.05, 0.1) is 18.5 Å². The average molecular weight is 259 g/mol. The first-order valence-corrected chi connectivity index (χ1v) is 6.81. The molecule has 1 aromatic heterocycles. The highest BCUT2D eigenvalue weighted by atomic mass is 16.5. The number of nitrogens with two attached hydrogens (primary N) is 1. The fourth-order valence-corrected chi connectivity index (χ4v) is 2.03. The van der Waals surface area contributed by atoms with Gasteiger partial charge in [0, 0.05) is 12.0 Å². The number of aromatic amines is 1. The summed E-state index contributed by atoms with van der Waals surface area (Å²) in [5, 5.41) is 0. The Balaban J connectivity index is 2.13.